The van der Waals surface area contributed by atoms with Crippen molar-refractivity contribution in [3.63, 3.8) is 0 Å². The molecule has 0 bridgehead atoms. The maximum Gasteiger partial charge on any atom is 0.352 e. The molecular formula is C9H8N2O2S. The Balaban J connectivity index is 2.25. The van der Waals surface area contributed by atoms with E-state index in [0.717, 1.165) is 4.88 Å². The van der Waals surface area contributed by atoms with Gasteiger partial charge in [-0.3, -0.25) is 4.98 Å². The number of carbonyl (C=O) groups is 1. The fraction of sp³-hybridized carbons (Fsp3) is 0.111. The van der Waals surface area contributed by atoms with Crippen LogP contribution in [0.5, 0.6) is 0 Å². The smallest absolute Gasteiger partial charge is 0.352 e. The van der Waals surface area contributed by atoms with E-state index in [1.807, 2.05) is 0 Å². The van der Waals surface area contributed by atoms with Gasteiger partial charge in [-0.25, -0.2) is 4.79 Å². The summed E-state index contributed by atoms with van der Waals surface area (Å²) in [5.41, 5.74) is 2.04. The Morgan fingerprint density at radius 3 is 3.14 bits per heavy atom. The SMILES string of the molecule is O=C(O)c1cccn1Cc1cncs1. The van der Waals surface area contributed by atoms with Gasteiger partial charge in [0.1, 0.15) is 5.69 Å². The minimum atomic E-state index is -0.903. The summed E-state index contributed by atoms with van der Waals surface area (Å²) in [5.74, 6) is -0.903. The number of aromatic nitrogens is 2. The van der Waals surface area contributed by atoms with E-state index < -0.39 is 5.97 Å². The molecule has 0 aliphatic carbocycles. The van der Waals surface area contributed by atoms with Gasteiger partial charge in [-0.2, -0.15) is 0 Å². The van der Waals surface area contributed by atoms with Crippen LogP contribution in [0.3, 0.4) is 0 Å². The molecule has 72 valence electrons. The van der Waals surface area contributed by atoms with E-state index in [9.17, 15) is 4.79 Å². The second-order valence-corrected chi connectivity index (χ2v) is 3.77. The predicted octanol–water partition coefficient (Wildman–Crippen LogP) is 1.69. The third-order valence-electron chi connectivity index (χ3n) is 1.86. The standard InChI is InChI=1S/C9H8N2O2S/c12-9(13)8-2-1-3-11(8)5-7-4-10-6-14-7/h1-4,6H,5H2,(H,12,13). The van der Waals surface area contributed by atoms with Crippen molar-refractivity contribution >= 4 is 17.3 Å². The number of hydrogen-bond acceptors (Lipinski definition) is 3. The summed E-state index contributed by atoms with van der Waals surface area (Å²) < 4.78 is 1.69. The van der Waals surface area contributed by atoms with Crippen molar-refractivity contribution < 1.29 is 9.90 Å². The fourth-order valence-corrected chi connectivity index (χ4v) is 1.83. The van der Waals surface area contributed by atoms with Gasteiger partial charge in [0.05, 0.1) is 12.1 Å². The molecule has 0 spiro atoms. The van der Waals surface area contributed by atoms with Crippen molar-refractivity contribution in [3.8, 4) is 0 Å². The molecule has 2 aromatic heterocycles. The summed E-state index contributed by atoms with van der Waals surface area (Å²) in [6.45, 7) is 0.569. The summed E-state index contributed by atoms with van der Waals surface area (Å²) in [4.78, 5) is 15.8. The normalized spacial score (nSPS) is 10.3. The third-order valence-corrected chi connectivity index (χ3v) is 2.62. The summed E-state index contributed by atoms with van der Waals surface area (Å²) in [6, 6.07) is 3.31. The van der Waals surface area contributed by atoms with Crippen LogP contribution in [0, 0.1) is 0 Å². The molecule has 0 aliphatic rings. The highest BCUT2D eigenvalue weighted by Crippen LogP contribution is 2.11. The number of aromatic carboxylic acids is 1. The maximum absolute atomic E-state index is 10.8. The van der Waals surface area contributed by atoms with Crippen molar-refractivity contribution in [2.45, 2.75) is 6.54 Å². The lowest BCUT2D eigenvalue weighted by Gasteiger charge is -2.02. The van der Waals surface area contributed by atoms with E-state index in [-0.39, 0.29) is 0 Å². The lowest BCUT2D eigenvalue weighted by atomic mass is 10.4. The van der Waals surface area contributed by atoms with Crippen LogP contribution in [-0.2, 0) is 6.54 Å². The Morgan fingerprint density at radius 2 is 2.50 bits per heavy atom. The Hall–Kier alpha value is -1.62. The van der Waals surface area contributed by atoms with Gasteiger partial charge in [-0.1, -0.05) is 0 Å². The predicted molar refractivity (Wildman–Crippen MR) is 52.6 cm³/mol. The molecule has 0 saturated heterocycles. The zero-order valence-electron chi connectivity index (χ0n) is 7.25. The van der Waals surface area contributed by atoms with E-state index in [2.05, 4.69) is 4.98 Å². The molecule has 0 aromatic carbocycles. The lowest BCUT2D eigenvalue weighted by Crippen LogP contribution is -2.07. The molecule has 2 aromatic rings. The highest BCUT2D eigenvalue weighted by Gasteiger charge is 2.08. The Kier molecular flexibility index (Phi) is 2.32. The highest BCUT2D eigenvalue weighted by molar-refractivity contribution is 7.09. The van der Waals surface area contributed by atoms with E-state index in [1.165, 1.54) is 11.3 Å². The molecule has 1 N–H and O–H groups in total. The molecule has 0 atom stereocenters. The largest absolute Gasteiger partial charge is 0.477 e. The van der Waals surface area contributed by atoms with Gasteiger partial charge in [-0.05, 0) is 12.1 Å². The number of thiazole rings is 1. The minimum Gasteiger partial charge on any atom is -0.477 e. The lowest BCUT2D eigenvalue weighted by molar-refractivity contribution is 0.0686. The monoisotopic (exact) mass is 208 g/mol. The van der Waals surface area contributed by atoms with Crippen LogP contribution < -0.4 is 0 Å². The maximum atomic E-state index is 10.8. The summed E-state index contributed by atoms with van der Waals surface area (Å²) in [5, 5.41) is 8.85. The molecule has 5 heteroatoms. The average molecular weight is 208 g/mol. The van der Waals surface area contributed by atoms with Crippen LogP contribution in [0.4, 0.5) is 0 Å². The van der Waals surface area contributed by atoms with Crippen LogP contribution in [0.2, 0.25) is 0 Å². The second-order valence-electron chi connectivity index (χ2n) is 2.79. The number of rotatable bonds is 3. The van der Waals surface area contributed by atoms with E-state index >= 15 is 0 Å². The molecule has 0 aliphatic heterocycles. The van der Waals surface area contributed by atoms with Crippen LogP contribution in [0.1, 0.15) is 15.4 Å². The Bertz CT molecular complexity index is 433. The molecule has 0 amide bonds. The van der Waals surface area contributed by atoms with Gasteiger partial charge in [0.2, 0.25) is 0 Å². The average Bonchev–Trinajstić information content (AvgIpc) is 2.75. The van der Waals surface area contributed by atoms with Gasteiger partial charge in [0, 0.05) is 17.3 Å². The first-order valence-corrected chi connectivity index (χ1v) is 4.91. The number of carboxylic acids is 1. The minimum absolute atomic E-state index is 0.304. The molecule has 0 radical (unpaired) electrons. The quantitative estimate of drug-likeness (QED) is 0.835. The van der Waals surface area contributed by atoms with Crippen LogP contribution in [0.15, 0.2) is 30.0 Å². The van der Waals surface area contributed by atoms with Gasteiger partial charge in [-0.15, -0.1) is 11.3 Å². The van der Waals surface area contributed by atoms with Crippen molar-refractivity contribution in [1.82, 2.24) is 9.55 Å². The van der Waals surface area contributed by atoms with Crippen molar-refractivity contribution in [1.29, 1.82) is 0 Å². The van der Waals surface area contributed by atoms with Crippen LogP contribution in [-0.4, -0.2) is 20.6 Å². The number of nitrogens with zero attached hydrogens (tertiary/aromatic N) is 2. The number of hydrogen-bond donors (Lipinski definition) is 1. The van der Waals surface area contributed by atoms with Crippen molar-refractivity contribution in [3.05, 3.63) is 40.6 Å². The Morgan fingerprint density at radius 1 is 1.64 bits per heavy atom. The first-order chi connectivity index (χ1) is 6.77. The van der Waals surface area contributed by atoms with Gasteiger partial charge >= 0.3 is 5.97 Å². The molecule has 2 rings (SSSR count). The highest BCUT2D eigenvalue weighted by atomic mass is 32.1. The summed E-state index contributed by atoms with van der Waals surface area (Å²) in [6.07, 6.45) is 3.50. The Labute approximate surface area is 84.5 Å². The molecule has 4 nitrogen and oxygen atoms in total. The molecular weight excluding hydrogens is 200 g/mol. The first kappa shape index (κ1) is 8.96. The van der Waals surface area contributed by atoms with Gasteiger partial charge in [0.15, 0.2) is 0 Å². The molecule has 2 heterocycles. The zero-order chi connectivity index (χ0) is 9.97. The topological polar surface area (TPSA) is 55.1 Å². The summed E-state index contributed by atoms with van der Waals surface area (Å²) in [7, 11) is 0. The van der Waals surface area contributed by atoms with E-state index in [1.54, 1.807) is 34.6 Å². The zero-order valence-corrected chi connectivity index (χ0v) is 8.07. The summed E-state index contributed by atoms with van der Waals surface area (Å²) >= 11 is 1.52. The van der Waals surface area contributed by atoms with Gasteiger partial charge in [0.25, 0.3) is 0 Å². The van der Waals surface area contributed by atoms with Crippen LogP contribution >= 0.6 is 11.3 Å². The first-order valence-electron chi connectivity index (χ1n) is 4.03. The van der Waals surface area contributed by atoms with Crippen molar-refractivity contribution in [2.24, 2.45) is 0 Å². The second kappa shape index (κ2) is 3.63. The van der Waals surface area contributed by atoms with E-state index in [0.29, 0.717) is 12.2 Å². The van der Waals surface area contributed by atoms with Gasteiger partial charge < -0.3 is 9.67 Å². The third kappa shape index (κ3) is 1.67. The molecule has 0 fully saturated rings. The molecule has 14 heavy (non-hydrogen) atoms. The fourth-order valence-electron chi connectivity index (χ4n) is 1.23. The van der Waals surface area contributed by atoms with E-state index in [4.69, 9.17) is 5.11 Å². The number of carboxylic acid groups (broad SMARTS) is 1. The molecule has 0 unspecified atom stereocenters. The van der Waals surface area contributed by atoms with Crippen molar-refractivity contribution in [2.75, 3.05) is 0 Å². The van der Waals surface area contributed by atoms with Crippen LogP contribution in [0.25, 0.3) is 0 Å². The molecule has 0 saturated carbocycles.